The molecule has 1 aliphatic carbocycles. The maximum absolute atomic E-state index is 12.9. The van der Waals surface area contributed by atoms with E-state index in [1.807, 2.05) is 38.3 Å². The Morgan fingerprint density at radius 1 is 1.27 bits per heavy atom. The molecule has 1 atom stereocenters. The third-order valence-corrected chi connectivity index (χ3v) is 8.83. The molecule has 1 amide bonds. The van der Waals surface area contributed by atoms with Gasteiger partial charge in [0.25, 0.3) is 0 Å². The van der Waals surface area contributed by atoms with Crippen molar-refractivity contribution in [3.05, 3.63) is 18.2 Å². The summed E-state index contributed by atoms with van der Waals surface area (Å²) in [6.07, 6.45) is 4.47. The standard InChI is InChI=1S/C21H32N4O3S2/c1-5-24(6-2)30(27,28)17-12-13-19-18(14-17)23-21(25(19)7-3)29-15(4)20(26)22-16-10-8-9-11-16/h12-16H,5-11H2,1-4H3,(H,22,26). The van der Waals surface area contributed by atoms with Gasteiger partial charge in [-0.05, 0) is 44.9 Å². The summed E-state index contributed by atoms with van der Waals surface area (Å²) >= 11 is 1.42. The zero-order valence-corrected chi connectivity index (χ0v) is 19.9. The molecule has 2 aromatic rings. The van der Waals surface area contributed by atoms with E-state index < -0.39 is 10.0 Å². The van der Waals surface area contributed by atoms with Crippen LogP contribution in [0.4, 0.5) is 0 Å². The Balaban J connectivity index is 1.86. The van der Waals surface area contributed by atoms with Crippen LogP contribution in [-0.2, 0) is 21.4 Å². The summed E-state index contributed by atoms with van der Waals surface area (Å²) in [7, 11) is -3.54. The monoisotopic (exact) mass is 452 g/mol. The average Bonchev–Trinajstić information content (AvgIpc) is 3.34. The van der Waals surface area contributed by atoms with Gasteiger partial charge in [-0.25, -0.2) is 13.4 Å². The van der Waals surface area contributed by atoms with Crippen molar-refractivity contribution in [1.82, 2.24) is 19.2 Å². The van der Waals surface area contributed by atoms with Crippen LogP contribution in [0.15, 0.2) is 28.3 Å². The Kier molecular flexibility index (Phi) is 7.47. The van der Waals surface area contributed by atoms with Crippen LogP contribution in [0.1, 0.15) is 53.4 Å². The zero-order valence-electron chi connectivity index (χ0n) is 18.2. The topological polar surface area (TPSA) is 84.3 Å². The molecular weight excluding hydrogens is 420 g/mol. The summed E-state index contributed by atoms with van der Waals surface area (Å²) in [4.78, 5) is 17.5. The molecule has 0 aliphatic heterocycles. The van der Waals surface area contributed by atoms with E-state index in [-0.39, 0.29) is 16.1 Å². The molecular formula is C21H32N4O3S2. The quantitative estimate of drug-likeness (QED) is 0.588. The molecule has 9 heteroatoms. The van der Waals surface area contributed by atoms with E-state index in [0.29, 0.717) is 31.2 Å². The second-order valence-electron chi connectivity index (χ2n) is 7.63. The molecule has 1 aliphatic rings. The van der Waals surface area contributed by atoms with Gasteiger partial charge >= 0.3 is 0 Å². The SMILES string of the molecule is CCN(CC)S(=O)(=O)c1ccc2c(c1)nc(SC(C)C(=O)NC1CCCC1)n2CC. The summed E-state index contributed by atoms with van der Waals surface area (Å²) in [6.45, 7) is 9.12. The predicted molar refractivity (Wildman–Crippen MR) is 121 cm³/mol. The molecule has 1 unspecified atom stereocenters. The van der Waals surface area contributed by atoms with Gasteiger partial charge < -0.3 is 9.88 Å². The van der Waals surface area contributed by atoms with E-state index in [9.17, 15) is 13.2 Å². The number of amides is 1. The Hall–Kier alpha value is -1.58. The number of thioether (sulfide) groups is 1. The highest BCUT2D eigenvalue weighted by Gasteiger charge is 2.25. The van der Waals surface area contributed by atoms with Crippen LogP contribution >= 0.6 is 11.8 Å². The van der Waals surface area contributed by atoms with Crippen molar-refractivity contribution in [2.75, 3.05) is 13.1 Å². The number of carbonyl (C=O) groups excluding carboxylic acids is 1. The van der Waals surface area contributed by atoms with Crippen molar-refractivity contribution in [3.63, 3.8) is 0 Å². The number of benzene rings is 1. The van der Waals surface area contributed by atoms with Crippen molar-refractivity contribution in [2.24, 2.45) is 0 Å². The lowest BCUT2D eigenvalue weighted by Crippen LogP contribution is -2.37. The van der Waals surface area contributed by atoms with Crippen molar-refractivity contribution < 1.29 is 13.2 Å². The first-order valence-corrected chi connectivity index (χ1v) is 13.1. The van der Waals surface area contributed by atoms with Crippen molar-refractivity contribution >= 4 is 38.7 Å². The van der Waals surface area contributed by atoms with Gasteiger partial charge in [0.1, 0.15) is 0 Å². The Bertz CT molecular complexity index is 993. The van der Waals surface area contributed by atoms with Crippen LogP contribution in [0, 0.1) is 0 Å². The molecule has 0 spiro atoms. The highest BCUT2D eigenvalue weighted by Crippen LogP contribution is 2.30. The number of rotatable bonds is 9. The average molecular weight is 453 g/mol. The molecule has 166 valence electrons. The molecule has 30 heavy (non-hydrogen) atoms. The van der Waals surface area contributed by atoms with Gasteiger partial charge in [-0.1, -0.05) is 38.5 Å². The Morgan fingerprint density at radius 3 is 2.53 bits per heavy atom. The van der Waals surface area contributed by atoms with E-state index in [2.05, 4.69) is 10.3 Å². The fraction of sp³-hybridized carbons (Fsp3) is 0.619. The summed E-state index contributed by atoms with van der Waals surface area (Å²) < 4.78 is 29.2. The Morgan fingerprint density at radius 2 is 1.93 bits per heavy atom. The number of aryl methyl sites for hydroxylation is 1. The summed E-state index contributed by atoms with van der Waals surface area (Å²) in [5, 5.41) is 3.61. The smallest absolute Gasteiger partial charge is 0.243 e. The van der Waals surface area contributed by atoms with Crippen LogP contribution in [0.2, 0.25) is 0 Å². The number of fused-ring (bicyclic) bond motifs is 1. The molecule has 1 saturated carbocycles. The lowest BCUT2D eigenvalue weighted by atomic mass is 10.2. The summed E-state index contributed by atoms with van der Waals surface area (Å²) in [6, 6.07) is 5.39. The first kappa shape index (κ1) is 23.1. The highest BCUT2D eigenvalue weighted by molar-refractivity contribution is 8.00. The molecule has 7 nitrogen and oxygen atoms in total. The van der Waals surface area contributed by atoms with Crippen LogP contribution in [0.25, 0.3) is 11.0 Å². The molecule has 1 fully saturated rings. The minimum atomic E-state index is -3.54. The number of hydrogen-bond acceptors (Lipinski definition) is 5. The van der Waals surface area contributed by atoms with Crippen LogP contribution in [0.3, 0.4) is 0 Å². The number of nitrogens with zero attached hydrogens (tertiary/aromatic N) is 3. The van der Waals surface area contributed by atoms with Crippen LogP contribution in [0.5, 0.6) is 0 Å². The maximum Gasteiger partial charge on any atom is 0.243 e. The summed E-state index contributed by atoms with van der Waals surface area (Å²) in [5.74, 6) is 0.0337. The first-order chi connectivity index (χ1) is 14.3. The van der Waals surface area contributed by atoms with Crippen molar-refractivity contribution in [1.29, 1.82) is 0 Å². The largest absolute Gasteiger partial charge is 0.352 e. The lowest BCUT2D eigenvalue weighted by molar-refractivity contribution is -0.120. The molecule has 0 bridgehead atoms. The Labute approximate surface area is 183 Å². The molecule has 3 rings (SSSR count). The molecule has 1 aromatic carbocycles. The number of aromatic nitrogens is 2. The predicted octanol–water partition coefficient (Wildman–Crippen LogP) is 3.63. The van der Waals surface area contributed by atoms with Gasteiger partial charge in [0.15, 0.2) is 5.16 Å². The second kappa shape index (κ2) is 9.70. The number of sulfonamides is 1. The molecule has 1 heterocycles. The zero-order chi connectivity index (χ0) is 21.9. The third-order valence-electron chi connectivity index (χ3n) is 5.70. The molecule has 1 N–H and O–H groups in total. The van der Waals surface area contributed by atoms with Gasteiger partial charge in [0.05, 0.1) is 21.2 Å². The van der Waals surface area contributed by atoms with E-state index >= 15 is 0 Å². The van der Waals surface area contributed by atoms with Gasteiger partial charge in [0, 0.05) is 25.7 Å². The van der Waals surface area contributed by atoms with Crippen molar-refractivity contribution in [2.45, 2.75) is 81.3 Å². The minimum absolute atomic E-state index is 0.0337. The maximum atomic E-state index is 12.9. The fourth-order valence-corrected chi connectivity index (χ4v) is 6.43. The van der Waals surface area contributed by atoms with E-state index in [0.717, 1.165) is 23.5 Å². The number of hydrogen-bond donors (Lipinski definition) is 1. The summed E-state index contributed by atoms with van der Waals surface area (Å²) in [5.41, 5.74) is 1.51. The van der Waals surface area contributed by atoms with Gasteiger partial charge in [0.2, 0.25) is 15.9 Å². The molecule has 0 radical (unpaired) electrons. The van der Waals surface area contributed by atoms with Gasteiger partial charge in [-0.15, -0.1) is 0 Å². The lowest BCUT2D eigenvalue weighted by Gasteiger charge is -2.18. The number of imidazole rings is 1. The second-order valence-corrected chi connectivity index (χ2v) is 10.9. The highest BCUT2D eigenvalue weighted by atomic mass is 32.2. The minimum Gasteiger partial charge on any atom is -0.352 e. The van der Waals surface area contributed by atoms with E-state index in [4.69, 9.17) is 0 Å². The third kappa shape index (κ3) is 4.68. The van der Waals surface area contributed by atoms with Crippen LogP contribution in [-0.4, -0.2) is 52.6 Å². The molecule has 1 aromatic heterocycles. The number of nitrogens with one attached hydrogen (secondary N) is 1. The number of carbonyl (C=O) groups is 1. The van der Waals surface area contributed by atoms with E-state index in [1.54, 1.807) is 12.1 Å². The fourth-order valence-electron chi connectivity index (χ4n) is 3.96. The van der Waals surface area contributed by atoms with Gasteiger partial charge in [-0.2, -0.15) is 4.31 Å². The molecule has 0 saturated heterocycles. The van der Waals surface area contributed by atoms with Crippen molar-refractivity contribution in [3.8, 4) is 0 Å². The van der Waals surface area contributed by atoms with E-state index in [1.165, 1.54) is 28.9 Å². The van der Waals surface area contributed by atoms with Gasteiger partial charge in [-0.3, -0.25) is 4.79 Å². The van der Waals surface area contributed by atoms with Crippen LogP contribution < -0.4 is 5.32 Å². The first-order valence-electron chi connectivity index (χ1n) is 10.8. The normalized spacial score (nSPS) is 16.4.